The molecule has 4 rings (SSSR count). The van der Waals surface area contributed by atoms with Gasteiger partial charge in [-0.15, -0.1) is 0 Å². The van der Waals surface area contributed by atoms with Crippen molar-refractivity contribution < 1.29 is 0 Å². The number of halogens is 2. The first-order chi connectivity index (χ1) is 16.6. The van der Waals surface area contributed by atoms with Gasteiger partial charge >= 0.3 is 228 Å². The Labute approximate surface area is 225 Å². The fraction of sp³-hybridized carbons (Fsp3) is 0.200. The average molecular weight is 790 g/mol. The zero-order chi connectivity index (χ0) is 23.7. The van der Waals surface area contributed by atoms with Gasteiger partial charge in [0.1, 0.15) is 0 Å². The molecule has 4 aromatic carbocycles. The average Bonchev–Trinajstić information content (AvgIpc) is 2.92. The van der Waals surface area contributed by atoms with E-state index in [0.29, 0.717) is 0 Å². The molecule has 0 bridgehead atoms. The second kappa shape index (κ2) is 13.1. The van der Waals surface area contributed by atoms with Crippen LogP contribution in [0.25, 0.3) is 0 Å². The van der Waals surface area contributed by atoms with Crippen LogP contribution in [0.15, 0.2) is 121 Å². The molecule has 0 aliphatic carbocycles. The number of rotatable bonds is 11. The molecule has 0 spiro atoms. The van der Waals surface area contributed by atoms with Crippen LogP contribution in [-0.4, -0.2) is 32.3 Å². The molecule has 0 saturated carbocycles. The fourth-order valence-electron chi connectivity index (χ4n) is 4.81. The van der Waals surface area contributed by atoms with Crippen molar-refractivity contribution in [1.29, 1.82) is 0 Å². The first kappa shape index (κ1) is 26.5. The summed E-state index contributed by atoms with van der Waals surface area (Å²) in [7, 11) is 0. The standard InChI is InChI=1S/4C6H5.C6H12.2BrH.2Sn/c4*1-2-4-6-5-3-1;1-3-5-6-4-2;;;;/h4*1-5H;1-6H2;2*1H;;/q;;;;;;;2*+1/p-2. The summed E-state index contributed by atoms with van der Waals surface area (Å²) >= 11 is 3.17. The quantitative estimate of drug-likeness (QED) is 0.115. The van der Waals surface area contributed by atoms with E-state index in [1.807, 2.05) is 0 Å². The van der Waals surface area contributed by atoms with Crippen molar-refractivity contribution in [2.45, 2.75) is 34.6 Å². The molecule has 4 heteroatoms. The third kappa shape index (κ3) is 6.60. The van der Waals surface area contributed by atoms with E-state index in [0.717, 1.165) is 0 Å². The van der Waals surface area contributed by atoms with Crippen LogP contribution in [0.2, 0.25) is 8.87 Å². The van der Waals surface area contributed by atoms with Gasteiger partial charge in [0.25, 0.3) is 0 Å². The molecule has 34 heavy (non-hydrogen) atoms. The Bertz CT molecular complexity index is 948. The van der Waals surface area contributed by atoms with Gasteiger partial charge in [0.15, 0.2) is 0 Å². The molecule has 0 heterocycles. The topological polar surface area (TPSA) is 0 Å². The molecule has 0 saturated heterocycles. The van der Waals surface area contributed by atoms with Gasteiger partial charge in [-0.3, -0.25) is 0 Å². The van der Waals surface area contributed by atoms with Crippen LogP contribution in [0.5, 0.6) is 0 Å². The van der Waals surface area contributed by atoms with Crippen LogP contribution in [0, 0.1) is 0 Å². The van der Waals surface area contributed by atoms with E-state index in [2.05, 4.69) is 147 Å². The SMILES string of the molecule is [Br][Sn]([CH2]CCCC[CH2][Sn]([Br])([c]1ccccc1)[c]1ccccc1)([c]1ccccc1)[c]1ccccc1. The predicted molar refractivity (Wildman–Crippen MR) is 162 cm³/mol. The van der Waals surface area contributed by atoms with E-state index in [-0.39, 0.29) is 0 Å². The first-order valence-electron chi connectivity index (χ1n) is 12.2. The number of hydrogen-bond acceptors (Lipinski definition) is 0. The molecule has 0 atom stereocenters. The Morgan fingerprint density at radius 3 is 0.824 bits per heavy atom. The Balaban J connectivity index is 1.38. The van der Waals surface area contributed by atoms with Crippen LogP contribution in [0.1, 0.15) is 25.7 Å². The van der Waals surface area contributed by atoms with E-state index >= 15 is 0 Å². The summed E-state index contributed by atoms with van der Waals surface area (Å²) in [4.78, 5) is 0. The van der Waals surface area contributed by atoms with Crippen LogP contribution < -0.4 is 14.3 Å². The molecule has 0 fully saturated rings. The van der Waals surface area contributed by atoms with Gasteiger partial charge in [-0.05, 0) is 0 Å². The molecule has 0 aromatic heterocycles. The minimum absolute atomic E-state index is 1.30. The molecule has 0 N–H and O–H groups in total. The van der Waals surface area contributed by atoms with Crippen LogP contribution in [0.4, 0.5) is 0 Å². The van der Waals surface area contributed by atoms with Crippen LogP contribution in [-0.2, 0) is 0 Å². The zero-order valence-electron chi connectivity index (χ0n) is 19.5. The third-order valence-corrected chi connectivity index (χ3v) is 44.5. The Morgan fingerprint density at radius 2 is 0.588 bits per heavy atom. The first-order valence-corrected chi connectivity index (χ1v) is 34.8. The fourth-order valence-corrected chi connectivity index (χ4v) is 33.3. The Hall–Kier alpha value is -0.563. The van der Waals surface area contributed by atoms with Gasteiger partial charge in [0.2, 0.25) is 0 Å². The van der Waals surface area contributed by atoms with E-state index in [1.165, 1.54) is 34.6 Å². The van der Waals surface area contributed by atoms with Gasteiger partial charge in [0.05, 0.1) is 0 Å². The number of unbranched alkanes of at least 4 members (excludes halogenated alkanes) is 3. The molecule has 4 aromatic rings. The second-order valence-corrected chi connectivity index (χ2v) is 45.7. The molecule has 0 radical (unpaired) electrons. The van der Waals surface area contributed by atoms with Crippen molar-refractivity contribution in [3.05, 3.63) is 121 Å². The van der Waals surface area contributed by atoms with Gasteiger partial charge in [-0.1, -0.05) is 0 Å². The maximum absolute atomic E-state index is 4.38. The van der Waals surface area contributed by atoms with Crippen LogP contribution >= 0.6 is 25.4 Å². The van der Waals surface area contributed by atoms with Crippen molar-refractivity contribution in [3.63, 3.8) is 0 Å². The molecular formula is C30H32Br2Sn2. The normalized spacial score (nSPS) is 11.9. The van der Waals surface area contributed by atoms with E-state index in [9.17, 15) is 0 Å². The zero-order valence-corrected chi connectivity index (χ0v) is 28.4. The van der Waals surface area contributed by atoms with Gasteiger partial charge in [0, 0.05) is 0 Å². The molecular weight excluding hydrogens is 758 g/mol. The summed E-state index contributed by atoms with van der Waals surface area (Å²) in [6.07, 6.45) is 5.21. The van der Waals surface area contributed by atoms with Crippen molar-refractivity contribution >= 4 is 72.0 Å². The Morgan fingerprint density at radius 1 is 0.353 bits per heavy atom. The molecule has 0 amide bonds. The maximum atomic E-state index is 4.38. The predicted octanol–water partition coefficient (Wildman–Crippen LogP) is 6.86. The molecule has 0 aliphatic rings. The molecule has 0 nitrogen and oxygen atoms in total. The van der Waals surface area contributed by atoms with Crippen molar-refractivity contribution in [1.82, 2.24) is 0 Å². The molecule has 174 valence electrons. The summed E-state index contributed by atoms with van der Waals surface area (Å²) < 4.78 is 8.81. The molecule has 0 aliphatic heterocycles. The van der Waals surface area contributed by atoms with E-state index < -0.39 is 32.3 Å². The second-order valence-electron chi connectivity index (χ2n) is 8.98. The summed E-state index contributed by atoms with van der Waals surface area (Å²) in [6, 6.07) is 44.8. The summed E-state index contributed by atoms with van der Waals surface area (Å²) in [5.74, 6) is 0. The number of benzene rings is 4. The summed E-state index contributed by atoms with van der Waals surface area (Å²) in [5.41, 5.74) is 0. The van der Waals surface area contributed by atoms with Gasteiger partial charge < -0.3 is 0 Å². The third-order valence-electron chi connectivity index (χ3n) is 6.72. The minimum atomic E-state index is -2.79. The van der Waals surface area contributed by atoms with Crippen molar-refractivity contribution in [2.75, 3.05) is 0 Å². The number of hydrogen-bond donors (Lipinski definition) is 0. The van der Waals surface area contributed by atoms with E-state index in [1.54, 1.807) is 14.3 Å². The van der Waals surface area contributed by atoms with E-state index in [4.69, 9.17) is 0 Å². The summed E-state index contributed by atoms with van der Waals surface area (Å²) in [5, 5.41) is 0. The van der Waals surface area contributed by atoms with Crippen molar-refractivity contribution in [2.24, 2.45) is 0 Å². The van der Waals surface area contributed by atoms with Crippen LogP contribution in [0.3, 0.4) is 0 Å². The molecule has 0 unspecified atom stereocenters. The van der Waals surface area contributed by atoms with Gasteiger partial charge in [-0.2, -0.15) is 0 Å². The van der Waals surface area contributed by atoms with Gasteiger partial charge in [-0.25, -0.2) is 0 Å². The summed E-state index contributed by atoms with van der Waals surface area (Å²) in [6.45, 7) is 0. The monoisotopic (exact) mass is 790 g/mol. The Kier molecular flexibility index (Phi) is 10.2. The van der Waals surface area contributed by atoms with Crippen molar-refractivity contribution in [3.8, 4) is 0 Å².